The average molecular weight is 211 g/mol. The van der Waals surface area contributed by atoms with Gasteiger partial charge in [0.25, 0.3) is 0 Å². The van der Waals surface area contributed by atoms with E-state index in [2.05, 4.69) is 5.32 Å². The molecule has 15 heavy (non-hydrogen) atoms. The van der Waals surface area contributed by atoms with Gasteiger partial charge in [0.1, 0.15) is 11.6 Å². The number of carbonyl (C=O) groups is 1. The van der Waals surface area contributed by atoms with Crippen LogP contribution in [0.1, 0.15) is 18.9 Å². The smallest absolute Gasteiger partial charge is 0.220 e. The first-order chi connectivity index (χ1) is 7.01. The van der Waals surface area contributed by atoms with Crippen molar-refractivity contribution in [2.75, 3.05) is 6.54 Å². The Kier molecular flexibility index (Phi) is 2.21. The molecule has 1 heterocycles. The van der Waals surface area contributed by atoms with Crippen LogP contribution in [0, 0.1) is 11.6 Å². The van der Waals surface area contributed by atoms with Gasteiger partial charge >= 0.3 is 0 Å². The summed E-state index contributed by atoms with van der Waals surface area (Å²) < 4.78 is 26.2. The molecule has 1 amide bonds. The van der Waals surface area contributed by atoms with Crippen LogP contribution < -0.4 is 5.32 Å². The van der Waals surface area contributed by atoms with Gasteiger partial charge in [0, 0.05) is 24.4 Å². The molecule has 1 aliphatic rings. The molecule has 1 unspecified atom stereocenters. The summed E-state index contributed by atoms with van der Waals surface area (Å²) in [6.45, 7) is 2.19. The zero-order valence-corrected chi connectivity index (χ0v) is 8.31. The first-order valence-electron chi connectivity index (χ1n) is 4.73. The van der Waals surface area contributed by atoms with Crippen molar-refractivity contribution in [1.82, 2.24) is 5.32 Å². The molecule has 1 N–H and O–H groups in total. The van der Waals surface area contributed by atoms with Gasteiger partial charge in [0.05, 0.1) is 0 Å². The number of benzene rings is 1. The molecule has 1 aromatic carbocycles. The van der Waals surface area contributed by atoms with Crippen molar-refractivity contribution < 1.29 is 13.6 Å². The fourth-order valence-electron chi connectivity index (χ4n) is 1.94. The first-order valence-corrected chi connectivity index (χ1v) is 4.73. The Hall–Kier alpha value is -1.45. The molecule has 2 rings (SSSR count). The minimum Gasteiger partial charge on any atom is -0.355 e. The van der Waals surface area contributed by atoms with Crippen molar-refractivity contribution in [3.63, 3.8) is 0 Å². The molecule has 4 heteroatoms. The van der Waals surface area contributed by atoms with Crippen molar-refractivity contribution >= 4 is 5.91 Å². The van der Waals surface area contributed by atoms with Gasteiger partial charge in [-0.3, -0.25) is 4.79 Å². The number of hydrogen-bond donors (Lipinski definition) is 1. The molecule has 1 fully saturated rings. The Morgan fingerprint density at radius 2 is 2.13 bits per heavy atom. The van der Waals surface area contributed by atoms with E-state index in [-0.39, 0.29) is 12.3 Å². The Labute approximate surface area is 86.3 Å². The van der Waals surface area contributed by atoms with Gasteiger partial charge in [-0.1, -0.05) is 13.0 Å². The van der Waals surface area contributed by atoms with Crippen LogP contribution in [-0.4, -0.2) is 12.5 Å². The summed E-state index contributed by atoms with van der Waals surface area (Å²) in [5.74, 6) is -1.28. The monoisotopic (exact) mass is 211 g/mol. The van der Waals surface area contributed by atoms with Gasteiger partial charge in [0.15, 0.2) is 0 Å². The molecule has 0 aromatic heterocycles. The van der Waals surface area contributed by atoms with E-state index in [4.69, 9.17) is 0 Å². The predicted molar refractivity (Wildman–Crippen MR) is 51.3 cm³/mol. The van der Waals surface area contributed by atoms with Gasteiger partial charge in [-0.15, -0.1) is 0 Å². The van der Waals surface area contributed by atoms with Crippen molar-refractivity contribution in [3.05, 3.63) is 35.4 Å². The third-order valence-electron chi connectivity index (χ3n) is 2.81. The van der Waals surface area contributed by atoms with Crippen molar-refractivity contribution in [2.45, 2.75) is 18.8 Å². The quantitative estimate of drug-likeness (QED) is 0.753. The second-order valence-electron chi connectivity index (χ2n) is 4.14. The summed E-state index contributed by atoms with van der Waals surface area (Å²) in [7, 11) is 0. The fraction of sp³-hybridized carbons (Fsp3) is 0.364. The lowest BCUT2D eigenvalue weighted by molar-refractivity contribution is -0.119. The molecule has 2 nitrogen and oxygen atoms in total. The van der Waals surface area contributed by atoms with E-state index < -0.39 is 17.0 Å². The number of carbonyl (C=O) groups excluding carboxylic acids is 1. The summed E-state index contributed by atoms with van der Waals surface area (Å²) in [6.07, 6.45) is 0.246. The van der Waals surface area contributed by atoms with Crippen molar-refractivity contribution in [3.8, 4) is 0 Å². The number of nitrogens with one attached hydrogen (secondary N) is 1. The summed E-state index contributed by atoms with van der Waals surface area (Å²) in [5, 5.41) is 2.65. The zero-order valence-electron chi connectivity index (χ0n) is 8.31. The van der Waals surface area contributed by atoms with Gasteiger partial charge in [0.2, 0.25) is 5.91 Å². The number of rotatable bonds is 1. The van der Waals surface area contributed by atoms with E-state index >= 15 is 0 Å². The maximum absolute atomic E-state index is 13.5. The molecule has 1 saturated heterocycles. The van der Waals surface area contributed by atoms with Crippen LogP contribution in [0.3, 0.4) is 0 Å². The normalized spacial score (nSPS) is 25.4. The van der Waals surface area contributed by atoms with Gasteiger partial charge in [-0.05, 0) is 11.6 Å². The first kappa shape index (κ1) is 10.1. The van der Waals surface area contributed by atoms with Gasteiger partial charge in [-0.25, -0.2) is 8.78 Å². The fourth-order valence-corrected chi connectivity index (χ4v) is 1.94. The molecule has 80 valence electrons. The van der Waals surface area contributed by atoms with Crippen LogP contribution >= 0.6 is 0 Å². The summed E-state index contributed by atoms with van der Waals surface area (Å²) in [5.41, 5.74) is -0.170. The SMILES string of the molecule is CC1(c2ccc(F)cc2F)CNC(=O)C1. The van der Waals surface area contributed by atoms with Gasteiger partial charge < -0.3 is 5.32 Å². The van der Waals surface area contributed by atoms with Crippen LogP contribution in [0.4, 0.5) is 8.78 Å². The summed E-state index contributed by atoms with van der Waals surface area (Å²) in [6, 6.07) is 3.47. The second kappa shape index (κ2) is 3.29. The highest BCUT2D eigenvalue weighted by molar-refractivity contribution is 5.80. The van der Waals surface area contributed by atoms with Crippen LogP contribution in [-0.2, 0) is 10.2 Å². The Bertz CT molecular complexity index is 419. The zero-order chi connectivity index (χ0) is 11.1. The predicted octanol–water partition coefficient (Wildman–Crippen LogP) is 1.74. The molecule has 0 aliphatic carbocycles. The minimum atomic E-state index is -0.600. The largest absolute Gasteiger partial charge is 0.355 e. The minimum absolute atomic E-state index is 0.0961. The Morgan fingerprint density at radius 3 is 2.67 bits per heavy atom. The number of hydrogen-bond acceptors (Lipinski definition) is 1. The third-order valence-corrected chi connectivity index (χ3v) is 2.81. The van der Waals surface area contributed by atoms with E-state index in [1.54, 1.807) is 6.92 Å². The topological polar surface area (TPSA) is 29.1 Å². The van der Waals surface area contributed by atoms with Crippen LogP contribution in [0.25, 0.3) is 0 Å². The van der Waals surface area contributed by atoms with Crippen LogP contribution in [0.2, 0.25) is 0 Å². The van der Waals surface area contributed by atoms with Crippen molar-refractivity contribution in [1.29, 1.82) is 0 Å². The highest BCUT2D eigenvalue weighted by atomic mass is 19.1. The molecule has 1 atom stereocenters. The van der Waals surface area contributed by atoms with Crippen LogP contribution in [0.15, 0.2) is 18.2 Å². The highest BCUT2D eigenvalue weighted by Crippen LogP contribution is 2.32. The average Bonchev–Trinajstić information content (AvgIpc) is 2.46. The van der Waals surface area contributed by atoms with E-state index in [0.717, 1.165) is 6.07 Å². The Morgan fingerprint density at radius 1 is 1.40 bits per heavy atom. The van der Waals surface area contributed by atoms with E-state index in [1.807, 2.05) is 0 Å². The highest BCUT2D eigenvalue weighted by Gasteiger charge is 2.37. The molecular formula is C11H11F2NO. The van der Waals surface area contributed by atoms with E-state index in [1.165, 1.54) is 12.1 Å². The lowest BCUT2D eigenvalue weighted by Gasteiger charge is -2.22. The molecule has 0 radical (unpaired) electrons. The molecule has 0 spiro atoms. The van der Waals surface area contributed by atoms with Gasteiger partial charge in [-0.2, -0.15) is 0 Å². The summed E-state index contributed by atoms with van der Waals surface area (Å²) >= 11 is 0. The molecule has 1 aromatic rings. The molecule has 0 saturated carbocycles. The maximum Gasteiger partial charge on any atom is 0.220 e. The third kappa shape index (κ3) is 1.71. The van der Waals surface area contributed by atoms with Crippen LogP contribution in [0.5, 0.6) is 0 Å². The van der Waals surface area contributed by atoms with E-state index in [0.29, 0.717) is 12.1 Å². The van der Waals surface area contributed by atoms with E-state index in [9.17, 15) is 13.6 Å². The van der Waals surface area contributed by atoms with Crippen molar-refractivity contribution in [2.24, 2.45) is 0 Å². The Balaban J connectivity index is 2.41. The lowest BCUT2D eigenvalue weighted by Crippen LogP contribution is -2.26. The molecule has 0 bridgehead atoms. The maximum atomic E-state index is 13.5. The number of amides is 1. The number of halogens is 2. The summed E-state index contributed by atoms with van der Waals surface area (Å²) in [4.78, 5) is 11.1. The molecule has 1 aliphatic heterocycles. The molecular weight excluding hydrogens is 200 g/mol. The lowest BCUT2D eigenvalue weighted by atomic mass is 9.81. The standard InChI is InChI=1S/C11H11F2NO/c1-11(5-10(15)14-6-11)8-3-2-7(12)4-9(8)13/h2-4H,5-6H2,1H3,(H,14,15). The second-order valence-corrected chi connectivity index (χ2v) is 4.14.